The molecule has 0 spiro atoms. The van der Waals surface area contributed by atoms with Gasteiger partial charge in [-0.2, -0.15) is 0 Å². The van der Waals surface area contributed by atoms with E-state index in [-0.39, 0.29) is 5.91 Å². The van der Waals surface area contributed by atoms with Gasteiger partial charge in [0.2, 0.25) is 0 Å². The molecule has 0 saturated carbocycles. The Kier molecular flexibility index (Phi) is 4.47. The lowest BCUT2D eigenvalue weighted by atomic mass is 10.1. The van der Waals surface area contributed by atoms with Crippen molar-refractivity contribution >= 4 is 16.9 Å². The number of carbonyl (C=O) groups excluding carboxylic acids is 1. The van der Waals surface area contributed by atoms with Crippen molar-refractivity contribution in [1.82, 2.24) is 15.3 Å². The largest absolute Gasteiger partial charge is 0.496 e. The van der Waals surface area contributed by atoms with E-state index < -0.39 is 0 Å². The highest BCUT2D eigenvalue weighted by atomic mass is 16.5. The number of aromatic nitrogens is 2. The Bertz CT molecular complexity index is 828. The van der Waals surface area contributed by atoms with Gasteiger partial charge in [0.25, 0.3) is 5.91 Å². The average Bonchev–Trinajstić information content (AvgIpc) is 2.61. The fourth-order valence-electron chi connectivity index (χ4n) is 2.49. The molecule has 0 atom stereocenters. The van der Waals surface area contributed by atoms with E-state index in [9.17, 15) is 4.79 Å². The minimum absolute atomic E-state index is 0.147. The van der Waals surface area contributed by atoms with Gasteiger partial charge in [-0.15, -0.1) is 0 Å². The molecule has 0 fully saturated rings. The molecule has 1 amide bonds. The summed E-state index contributed by atoms with van der Waals surface area (Å²) in [5.41, 5.74) is 2.93. The van der Waals surface area contributed by atoms with Crippen LogP contribution < -0.4 is 10.1 Å². The molecular weight excluding hydrogens is 290 g/mol. The highest BCUT2D eigenvalue weighted by Gasteiger charge is 2.11. The minimum Gasteiger partial charge on any atom is -0.496 e. The summed E-state index contributed by atoms with van der Waals surface area (Å²) < 4.78 is 5.31. The number of nitrogens with one attached hydrogen (secondary N) is 1. The molecule has 0 aliphatic carbocycles. The first kappa shape index (κ1) is 15.0. The Labute approximate surface area is 134 Å². The summed E-state index contributed by atoms with van der Waals surface area (Å²) in [6.07, 6.45) is 3.91. The summed E-state index contributed by atoms with van der Waals surface area (Å²) in [6.45, 7) is 0.524. The highest BCUT2D eigenvalue weighted by Crippen LogP contribution is 2.17. The Hall–Kier alpha value is -2.95. The van der Waals surface area contributed by atoms with Crippen LogP contribution in [-0.2, 0) is 6.42 Å². The number of ether oxygens (including phenoxy) is 1. The van der Waals surface area contributed by atoms with E-state index >= 15 is 0 Å². The summed E-state index contributed by atoms with van der Waals surface area (Å²) in [4.78, 5) is 20.9. The molecule has 116 valence electrons. The van der Waals surface area contributed by atoms with Crippen LogP contribution in [0.5, 0.6) is 5.75 Å². The maximum Gasteiger partial charge on any atom is 0.253 e. The lowest BCUT2D eigenvalue weighted by Gasteiger charge is -2.09. The van der Waals surface area contributed by atoms with Crippen LogP contribution in [-0.4, -0.2) is 29.5 Å². The number of amides is 1. The van der Waals surface area contributed by atoms with Gasteiger partial charge in [0.15, 0.2) is 0 Å². The van der Waals surface area contributed by atoms with E-state index in [2.05, 4.69) is 15.3 Å². The standard InChI is InChI=1S/C18H17N3O2/c1-23-16-8-3-2-5-13(16)9-10-21-18(22)14-6-4-7-15-17(14)20-12-11-19-15/h2-8,11-12H,9-10H2,1H3,(H,21,22). The van der Waals surface area contributed by atoms with Crippen molar-refractivity contribution in [2.75, 3.05) is 13.7 Å². The van der Waals surface area contributed by atoms with E-state index in [0.717, 1.165) is 11.3 Å². The molecule has 0 radical (unpaired) electrons. The second-order valence-corrected chi connectivity index (χ2v) is 5.05. The summed E-state index contributed by atoms with van der Waals surface area (Å²) >= 11 is 0. The fourth-order valence-corrected chi connectivity index (χ4v) is 2.49. The lowest BCUT2D eigenvalue weighted by molar-refractivity contribution is 0.0955. The molecular formula is C18H17N3O2. The van der Waals surface area contributed by atoms with Crippen LogP contribution in [0.1, 0.15) is 15.9 Å². The first-order chi connectivity index (χ1) is 11.3. The molecule has 5 nitrogen and oxygen atoms in total. The molecule has 0 aliphatic heterocycles. The summed E-state index contributed by atoms with van der Waals surface area (Å²) in [5.74, 6) is 0.684. The monoisotopic (exact) mass is 307 g/mol. The molecule has 3 rings (SSSR count). The lowest BCUT2D eigenvalue weighted by Crippen LogP contribution is -2.26. The first-order valence-electron chi connectivity index (χ1n) is 7.39. The van der Waals surface area contributed by atoms with Crippen molar-refractivity contribution in [2.45, 2.75) is 6.42 Å². The second kappa shape index (κ2) is 6.87. The third kappa shape index (κ3) is 3.29. The van der Waals surface area contributed by atoms with Gasteiger partial charge in [-0.3, -0.25) is 14.8 Å². The zero-order valence-electron chi connectivity index (χ0n) is 12.8. The van der Waals surface area contributed by atoms with Gasteiger partial charge in [0.05, 0.1) is 18.2 Å². The summed E-state index contributed by atoms with van der Waals surface area (Å²) in [6, 6.07) is 13.2. The van der Waals surface area contributed by atoms with Gasteiger partial charge in [0.1, 0.15) is 11.3 Å². The number of fused-ring (bicyclic) bond motifs is 1. The van der Waals surface area contributed by atoms with Gasteiger partial charge in [-0.1, -0.05) is 24.3 Å². The van der Waals surface area contributed by atoms with Crippen molar-refractivity contribution in [1.29, 1.82) is 0 Å². The van der Waals surface area contributed by atoms with Crippen LogP contribution in [0.2, 0.25) is 0 Å². The molecule has 1 heterocycles. The van der Waals surface area contributed by atoms with E-state index in [0.29, 0.717) is 29.6 Å². The molecule has 0 bridgehead atoms. The van der Waals surface area contributed by atoms with Gasteiger partial charge in [0, 0.05) is 18.9 Å². The number of rotatable bonds is 5. The maximum absolute atomic E-state index is 12.4. The summed E-state index contributed by atoms with van der Waals surface area (Å²) in [5, 5.41) is 2.93. The van der Waals surface area contributed by atoms with E-state index in [1.54, 1.807) is 25.6 Å². The fraction of sp³-hybridized carbons (Fsp3) is 0.167. The zero-order chi connectivity index (χ0) is 16.1. The van der Waals surface area contributed by atoms with Gasteiger partial charge >= 0.3 is 0 Å². The molecule has 2 aromatic carbocycles. The van der Waals surface area contributed by atoms with Crippen molar-refractivity contribution < 1.29 is 9.53 Å². The predicted octanol–water partition coefficient (Wildman–Crippen LogP) is 2.61. The quantitative estimate of drug-likeness (QED) is 0.787. The van der Waals surface area contributed by atoms with Crippen molar-refractivity contribution in [3.05, 3.63) is 66.0 Å². The number of hydrogen-bond donors (Lipinski definition) is 1. The molecule has 1 aromatic heterocycles. The molecule has 0 aliphatic rings. The predicted molar refractivity (Wildman–Crippen MR) is 88.6 cm³/mol. The van der Waals surface area contributed by atoms with E-state index in [1.807, 2.05) is 36.4 Å². The number of carbonyl (C=O) groups is 1. The Morgan fingerprint density at radius 3 is 2.78 bits per heavy atom. The number of hydrogen-bond acceptors (Lipinski definition) is 4. The van der Waals surface area contributed by atoms with E-state index in [4.69, 9.17) is 4.74 Å². The third-order valence-corrected chi connectivity index (χ3v) is 3.62. The van der Waals surface area contributed by atoms with Crippen LogP contribution in [0.15, 0.2) is 54.9 Å². The molecule has 5 heteroatoms. The van der Waals surface area contributed by atoms with Crippen LogP contribution in [0.4, 0.5) is 0 Å². The summed E-state index contributed by atoms with van der Waals surface area (Å²) in [7, 11) is 1.65. The number of para-hydroxylation sites is 2. The topological polar surface area (TPSA) is 64.1 Å². The van der Waals surface area contributed by atoms with Gasteiger partial charge < -0.3 is 10.1 Å². The zero-order valence-corrected chi connectivity index (χ0v) is 12.8. The second-order valence-electron chi connectivity index (χ2n) is 5.05. The number of benzene rings is 2. The molecule has 0 unspecified atom stereocenters. The van der Waals surface area contributed by atoms with Crippen LogP contribution in [0, 0.1) is 0 Å². The minimum atomic E-state index is -0.147. The highest BCUT2D eigenvalue weighted by molar-refractivity contribution is 6.04. The number of nitrogens with zero attached hydrogens (tertiary/aromatic N) is 2. The maximum atomic E-state index is 12.4. The molecule has 0 saturated heterocycles. The average molecular weight is 307 g/mol. The van der Waals surface area contributed by atoms with Crippen molar-refractivity contribution in [3.8, 4) is 5.75 Å². The first-order valence-corrected chi connectivity index (χ1v) is 7.39. The molecule has 3 aromatic rings. The van der Waals surface area contributed by atoms with Crippen molar-refractivity contribution in [3.63, 3.8) is 0 Å². The Morgan fingerprint density at radius 1 is 1.09 bits per heavy atom. The Morgan fingerprint density at radius 2 is 1.91 bits per heavy atom. The smallest absolute Gasteiger partial charge is 0.253 e. The van der Waals surface area contributed by atoms with E-state index in [1.165, 1.54) is 0 Å². The number of methoxy groups -OCH3 is 1. The SMILES string of the molecule is COc1ccccc1CCNC(=O)c1cccc2nccnc12. The van der Waals surface area contributed by atoms with Gasteiger partial charge in [-0.05, 0) is 30.2 Å². The van der Waals surface area contributed by atoms with Crippen molar-refractivity contribution in [2.24, 2.45) is 0 Å². The van der Waals surface area contributed by atoms with Crippen LogP contribution >= 0.6 is 0 Å². The van der Waals surface area contributed by atoms with Crippen LogP contribution in [0.25, 0.3) is 11.0 Å². The third-order valence-electron chi connectivity index (χ3n) is 3.62. The molecule has 23 heavy (non-hydrogen) atoms. The Balaban J connectivity index is 1.70. The van der Waals surface area contributed by atoms with Gasteiger partial charge in [-0.25, -0.2) is 0 Å². The normalized spacial score (nSPS) is 10.5. The molecule has 1 N–H and O–H groups in total. The van der Waals surface area contributed by atoms with Crippen LogP contribution in [0.3, 0.4) is 0 Å².